The van der Waals surface area contributed by atoms with Gasteiger partial charge in [-0.25, -0.2) is 0 Å². The van der Waals surface area contributed by atoms with Crippen LogP contribution in [0.4, 0.5) is 0 Å². The van der Waals surface area contributed by atoms with E-state index in [4.69, 9.17) is 0 Å². The second-order valence-electron chi connectivity index (χ2n) is 2.42. The second-order valence-corrected chi connectivity index (χ2v) is 2.42. The van der Waals surface area contributed by atoms with Crippen LogP contribution in [0.5, 0.6) is 0 Å². The van der Waals surface area contributed by atoms with E-state index in [0.717, 1.165) is 0 Å². The molecule has 0 unspecified atom stereocenters. The highest BCUT2D eigenvalue weighted by atomic mass is 14.5. The lowest BCUT2D eigenvalue weighted by Gasteiger charge is -1.91. The molecule has 1 nitrogen and oxygen atoms in total. The molecule has 2 rings (SSSR count). The third kappa shape index (κ3) is 1.14. The van der Waals surface area contributed by atoms with Gasteiger partial charge >= 0.3 is 0 Å². The summed E-state index contributed by atoms with van der Waals surface area (Å²) in [6.07, 6.45) is 7.67. The Morgan fingerprint density at radius 2 is 1.82 bits per heavy atom. The van der Waals surface area contributed by atoms with Crippen LogP contribution >= 0.6 is 0 Å². The first-order chi connectivity index (χ1) is 5.47. The van der Waals surface area contributed by atoms with Crippen molar-refractivity contribution in [1.29, 1.82) is 0 Å². The van der Waals surface area contributed by atoms with Gasteiger partial charge in [0.15, 0.2) is 0 Å². The van der Waals surface area contributed by atoms with Gasteiger partial charge in [-0.15, -0.1) is 4.67 Å². The minimum atomic E-state index is 1.18. The maximum absolute atomic E-state index is 4.08. The summed E-state index contributed by atoms with van der Waals surface area (Å²) in [5.74, 6) is 0. The zero-order chi connectivity index (χ0) is 7.52. The minimum Gasteiger partial charge on any atom is -0.100 e. The maximum atomic E-state index is 4.08. The summed E-state index contributed by atoms with van der Waals surface area (Å²) in [4.78, 5) is 0. The van der Waals surface area contributed by atoms with Crippen LogP contribution in [0.1, 0.15) is 11.1 Å². The van der Waals surface area contributed by atoms with Crippen LogP contribution in [-0.4, -0.2) is 12.4 Å². The lowest BCUT2D eigenvalue weighted by Crippen LogP contribution is -1.85. The van der Waals surface area contributed by atoms with Gasteiger partial charge < -0.3 is 0 Å². The van der Waals surface area contributed by atoms with Crippen LogP contribution in [0.2, 0.25) is 0 Å². The second kappa shape index (κ2) is 2.57. The van der Waals surface area contributed by atoms with E-state index in [0.29, 0.717) is 0 Å². The van der Waals surface area contributed by atoms with E-state index in [1.165, 1.54) is 11.1 Å². The summed E-state index contributed by atoms with van der Waals surface area (Å²) in [5, 5.41) is 0. The molecule has 1 aliphatic heterocycles. The molecule has 0 saturated heterocycles. The van der Waals surface area contributed by atoms with Crippen molar-refractivity contribution in [2.45, 2.75) is 0 Å². The first-order valence-electron chi connectivity index (χ1n) is 3.59. The molecular formula is C10H8N+. The van der Waals surface area contributed by atoms with Crippen molar-refractivity contribution in [3.8, 4) is 0 Å². The van der Waals surface area contributed by atoms with E-state index in [2.05, 4.69) is 22.9 Å². The molecule has 0 atom stereocenters. The Bertz CT molecular complexity index is 355. The van der Waals surface area contributed by atoms with Crippen molar-refractivity contribution in [1.82, 2.24) is 4.67 Å². The molecule has 0 fully saturated rings. The van der Waals surface area contributed by atoms with E-state index in [-0.39, 0.29) is 0 Å². The zero-order valence-electron chi connectivity index (χ0n) is 6.07. The van der Waals surface area contributed by atoms with Crippen molar-refractivity contribution >= 4 is 18.5 Å². The monoisotopic (exact) mass is 142 g/mol. The van der Waals surface area contributed by atoms with Crippen LogP contribution in [0.15, 0.2) is 30.3 Å². The fourth-order valence-corrected chi connectivity index (χ4v) is 1.10. The summed E-state index contributed by atoms with van der Waals surface area (Å²) in [6.45, 7) is 0. The van der Waals surface area contributed by atoms with Gasteiger partial charge in [-0.3, -0.25) is 0 Å². The lowest BCUT2D eigenvalue weighted by atomic mass is 10.1. The third-order valence-corrected chi connectivity index (χ3v) is 1.66. The van der Waals surface area contributed by atoms with Gasteiger partial charge in [0.05, 0.1) is 5.56 Å². The number of hydrogen-bond donors (Lipinski definition) is 0. The van der Waals surface area contributed by atoms with E-state index < -0.39 is 0 Å². The molecule has 0 aliphatic carbocycles. The van der Waals surface area contributed by atoms with Gasteiger partial charge in [-0.2, -0.15) is 0 Å². The number of allylic oxidation sites excluding steroid dienone is 1. The highest BCUT2D eigenvalue weighted by Gasteiger charge is 2.00. The molecule has 0 aromatic heterocycles. The average molecular weight is 142 g/mol. The summed E-state index contributed by atoms with van der Waals surface area (Å²) < 4.78 is 4.08. The SMILES string of the molecule is C1=Cc2ccccc2C=[N+]=C1. The number of nitrogens with zero attached hydrogens (tertiary/aromatic N) is 1. The summed E-state index contributed by atoms with van der Waals surface area (Å²) in [6, 6.07) is 8.19. The Kier molecular flexibility index (Phi) is 1.43. The summed E-state index contributed by atoms with van der Waals surface area (Å²) >= 11 is 0. The first kappa shape index (κ1) is 6.14. The standard InChI is InChI=1S/C10H8N/c1-2-5-10-8-11-7-3-6-9(10)4-1/h1-8H/q+1. The van der Waals surface area contributed by atoms with E-state index in [1.54, 1.807) is 6.21 Å². The van der Waals surface area contributed by atoms with Crippen LogP contribution in [0.25, 0.3) is 6.08 Å². The largest absolute Gasteiger partial charge is 0.300 e. The molecule has 0 amide bonds. The molecule has 0 radical (unpaired) electrons. The number of benzene rings is 1. The minimum absolute atomic E-state index is 1.18. The molecule has 1 aromatic carbocycles. The Morgan fingerprint density at radius 3 is 2.73 bits per heavy atom. The van der Waals surface area contributed by atoms with Crippen LogP contribution in [0.3, 0.4) is 0 Å². The van der Waals surface area contributed by atoms with E-state index >= 15 is 0 Å². The molecule has 0 N–H and O–H groups in total. The van der Waals surface area contributed by atoms with Crippen molar-refractivity contribution in [3.63, 3.8) is 0 Å². The Hall–Kier alpha value is -1.59. The van der Waals surface area contributed by atoms with Crippen molar-refractivity contribution < 1.29 is 0 Å². The summed E-state index contributed by atoms with van der Waals surface area (Å²) in [5.41, 5.74) is 2.41. The van der Waals surface area contributed by atoms with Crippen molar-refractivity contribution in [3.05, 3.63) is 41.5 Å². The smallest absolute Gasteiger partial charge is 0.100 e. The zero-order valence-corrected chi connectivity index (χ0v) is 6.07. The van der Waals surface area contributed by atoms with Gasteiger partial charge in [0.1, 0.15) is 0 Å². The fourth-order valence-electron chi connectivity index (χ4n) is 1.10. The molecule has 11 heavy (non-hydrogen) atoms. The Morgan fingerprint density at radius 1 is 1.00 bits per heavy atom. The molecule has 0 spiro atoms. The van der Waals surface area contributed by atoms with Crippen LogP contribution < -0.4 is 4.67 Å². The van der Waals surface area contributed by atoms with Crippen LogP contribution in [0, 0.1) is 0 Å². The van der Waals surface area contributed by atoms with Gasteiger partial charge in [0.25, 0.3) is 12.4 Å². The molecule has 1 heterocycles. The highest BCUT2D eigenvalue weighted by Crippen LogP contribution is 2.07. The van der Waals surface area contributed by atoms with E-state index in [1.807, 2.05) is 24.4 Å². The molecule has 1 aromatic rings. The average Bonchev–Trinajstić information content (AvgIpc) is 2.28. The van der Waals surface area contributed by atoms with Gasteiger partial charge in [0.2, 0.25) is 0 Å². The Balaban J connectivity index is 2.67. The normalized spacial score (nSPS) is 12.7. The van der Waals surface area contributed by atoms with Gasteiger partial charge in [-0.05, 0) is 17.7 Å². The highest BCUT2D eigenvalue weighted by molar-refractivity contribution is 5.92. The Labute approximate surface area is 65.4 Å². The molecule has 0 bridgehead atoms. The summed E-state index contributed by atoms with van der Waals surface area (Å²) in [7, 11) is 0. The number of rotatable bonds is 0. The number of hydrogen-bond acceptors (Lipinski definition) is 0. The molecule has 1 heteroatoms. The third-order valence-electron chi connectivity index (χ3n) is 1.66. The van der Waals surface area contributed by atoms with Crippen LogP contribution in [-0.2, 0) is 0 Å². The fraction of sp³-hybridized carbons (Fsp3) is 0. The van der Waals surface area contributed by atoms with Gasteiger partial charge in [0, 0.05) is 6.08 Å². The quantitative estimate of drug-likeness (QED) is 0.484. The predicted molar refractivity (Wildman–Crippen MR) is 48.8 cm³/mol. The molecule has 1 aliphatic rings. The van der Waals surface area contributed by atoms with Crippen molar-refractivity contribution in [2.75, 3.05) is 0 Å². The molecule has 52 valence electrons. The maximum Gasteiger partial charge on any atom is 0.300 e. The van der Waals surface area contributed by atoms with Gasteiger partial charge in [-0.1, -0.05) is 18.2 Å². The lowest BCUT2D eigenvalue weighted by molar-refractivity contribution is 1.61. The van der Waals surface area contributed by atoms with E-state index in [9.17, 15) is 0 Å². The molecular weight excluding hydrogens is 134 g/mol. The van der Waals surface area contributed by atoms with Crippen molar-refractivity contribution in [2.24, 2.45) is 0 Å². The molecule has 0 saturated carbocycles. The number of fused-ring (bicyclic) bond motifs is 1. The predicted octanol–water partition coefficient (Wildman–Crippen LogP) is 1.27. The topological polar surface area (TPSA) is 14.1 Å². The first-order valence-corrected chi connectivity index (χ1v) is 3.59.